The van der Waals surface area contributed by atoms with Crippen LogP contribution in [0.25, 0.3) is 0 Å². The first-order valence-corrected chi connectivity index (χ1v) is 4.34. The first kappa shape index (κ1) is 9.39. The van der Waals surface area contributed by atoms with Crippen LogP contribution in [0.4, 0.5) is 0 Å². The maximum absolute atomic E-state index is 10.3. The van der Waals surface area contributed by atoms with Gasteiger partial charge in [0.2, 0.25) is 12.1 Å². The van der Waals surface area contributed by atoms with Crippen molar-refractivity contribution in [2.75, 3.05) is 0 Å². The molecule has 76 valence electrons. The number of hydrogen-bond donors (Lipinski definition) is 0. The van der Waals surface area contributed by atoms with E-state index in [0.717, 1.165) is 5.75 Å². The number of hydrogen-bond acceptors (Lipinski definition) is 5. The van der Waals surface area contributed by atoms with Gasteiger partial charge in [0, 0.05) is 0 Å². The van der Waals surface area contributed by atoms with E-state index in [2.05, 4.69) is 14.7 Å². The summed E-state index contributed by atoms with van der Waals surface area (Å²) in [5.74, 6) is 1.03. The van der Waals surface area contributed by atoms with E-state index in [0.29, 0.717) is 12.1 Å². The van der Waals surface area contributed by atoms with Crippen LogP contribution in [0.15, 0.2) is 34.9 Å². The van der Waals surface area contributed by atoms with Gasteiger partial charge in [0.15, 0.2) is 6.61 Å². The van der Waals surface area contributed by atoms with Gasteiger partial charge < -0.3 is 9.26 Å². The number of ether oxygens (including phenoxy) is 1. The Balaban J connectivity index is 1.96. The predicted molar refractivity (Wildman–Crippen MR) is 50.5 cm³/mol. The van der Waals surface area contributed by atoms with Crippen LogP contribution in [-0.2, 0) is 6.61 Å². The maximum Gasteiger partial charge on any atom is 0.290 e. The van der Waals surface area contributed by atoms with E-state index in [1.54, 1.807) is 0 Å². The summed E-state index contributed by atoms with van der Waals surface area (Å²) in [6, 6.07) is 9.26. The molecule has 0 unspecified atom stereocenters. The Hall–Kier alpha value is -2.17. The second kappa shape index (κ2) is 4.36. The molecule has 0 radical (unpaired) electrons. The van der Waals surface area contributed by atoms with Gasteiger partial charge in [-0.2, -0.15) is 4.98 Å². The average molecular weight is 204 g/mol. The molecule has 1 aromatic heterocycles. The normalized spacial score (nSPS) is 9.87. The van der Waals surface area contributed by atoms with Gasteiger partial charge in [-0.3, -0.25) is 4.79 Å². The molecule has 0 fully saturated rings. The highest BCUT2D eigenvalue weighted by Gasteiger charge is 2.04. The molecule has 0 aliphatic carbocycles. The fraction of sp³-hybridized carbons (Fsp3) is 0.100. The minimum atomic E-state index is -0.0401. The van der Waals surface area contributed by atoms with Crippen LogP contribution >= 0.6 is 0 Å². The lowest BCUT2D eigenvalue weighted by Gasteiger charge is -2.01. The zero-order chi connectivity index (χ0) is 10.5. The molecule has 0 spiro atoms. The number of benzene rings is 1. The summed E-state index contributed by atoms with van der Waals surface area (Å²) in [6.45, 7) is 0.182. The van der Waals surface area contributed by atoms with E-state index in [-0.39, 0.29) is 12.5 Å². The Morgan fingerprint density at radius 2 is 2.13 bits per heavy atom. The molecule has 5 heteroatoms. The lowest BCUT2D eigenvalue weighted by molar-refractivity contribution is 0.108. The molecule has 1 heterocycles. The van der Waals surface area contributed by atoms with Crippen LogP contribution < -0.4 is 4.74 Å². The quantitative estimate of drug-likeness (QED) is 0.705. The van der Waals surface area contributed by atoms with Crippen molar-refractivity contribution in [2.45, 2.75) is 6.61 Å². The predicted octanol–water partition coefficient (Wildman–Crippen LogP) is 1.46. The number of aromatic nitrogens is 2. The third kappa shape index (κ3) is 2.40. The highest BCUT2D eigenvalue weighted by Crippen LogP contribution is 2.09. The van der Waals surface area contributed by atoms with Gasteiger partial charge in [-0.15, -0.1) is 0 Å². The lowest BCUT2D eigenvalue weighted by Crippen LogP contribution is -1.97. The number of carbonyl (C=O) groups excluding carboxylic acids is 1. The summed E-state index contributed by atoms with van der Waals surface area (Å²) < 4.78 is 9.94. The minimum Gasteiger partial charge on any atom is -0.485 e. The summed E-state index contributed by atoms with van der Waals surface area (Å²) >= 11 is 0. The summed E-state index contributed by atoms with van der Waals surface area (Å²) in [6.07, 6.45) is 0.499. The van der Waals surface area contributed by atoms with Gasteiger partial charge in [-0.05, 0) is 12.1 Å². The number of rotatable bonds is 4. The smallest absolute Gasteiger partial charge is 0.290 e. The van der Waals surface area contributed by atoms with Crippen LogP contribution in [-0.4, -0.2) is 16.4 Å². The lowest BCUT2D eigenvalue weighted by atomic mass is 10.3. The molecule has 0 saturated carbocycles. The Kier molecular flexibility index (Phi) is 2.73. The molecular weight excluding hydrogens is 196 g/mol. The Labute approximate surface area is 85.7 Å². The van der Waals surface area contributed by atoms with E-state index >= 15 is 0 Å². The van der Waals surface area contributed by atoms with Gasteiger partial charge in [-0.1, -0.05) is 23.4 Å². The fourth-order valence-corrected chi connectivity index (χ4v) is 1.04. The molecule has 0 saturated heterocycles. The van der Waals surface area contributed by atoms with Crippen molar-refractivity contribution < 1.29 is 14.1 Å². The highest BCUT2D eigenvalue weighted by molar-refractivity contribution is 5.66. The largest absolute Gasteiger partial charge is 0.485 e. The number of para-hydroxylation sites is 1. The van der Waals surface area contributed by atoms with Crippen molar-refractivity contribution in [1.29, 1.82) is 0 Å². The van der Waals surface area contributed by atoms with E-state index in [9.17, 15) is 4.79 Å². The van der Waals surface area contributed by atoms with Gasteiger partial charge in [0.25, 0.3) is 5.89 Å². The Morgan fingerprint density at radius 3 is 2.80 bits per heavy atom. The SMILES string of the molecule is O=Cc1nc(COc2ccccc2)no1. The fourth-order valence-electron chi connectivity index (χ4n) is 1.04. The van der Waals surface area contributed by atoms with Crippen LogP contribution in [0.5, 0.6) is 5.75 Å². The number of nitrogens with zero attached hydrogens (tertiary/aromatic N) is 2. The van der Waals surface area contributed by atoms with E-state index < -0.39 is 0 Å². The molecule has 0 N–H and O–H groups in total. The van der Waals surface area contributed by atoms with Crippen LogP contribution in [0.3, 0.4) is 0 Å². The zero-order valence-electron chi connectivity index (χ0n) is 7.79. The van der Waals surface area contributed by atoms with Crippen molar-refractivity contribution in [3.63, 3.8) is 0 Å². The average Bonchev–Trinajstić information content (AvgIpc) is 2.76. The van der Waals surface area contributed by atoms with Gasteiger partial charge in [-0.25, -0.2) is 0 Å². The van der Waals surface area contributed by atoms with Crippen molar-refractivity contribution in [1.82, 2.24) is 10.1 Å². The summed E-state index contributed by atoms with van der Waals surface area (Å²) in [5.41, 5.74) is 0. The summed E-state index contributed by atoms with van der Waals surface area (Å²) in [7, 11) is 0. The number of aldehydes is 1. The molecule has 0 aliphatic heterocycles. The molecule has 0 bridgehead atoms. The monoisotopic (exact) mass is 204 g/mol. The van der Waals surface area contributed by atoms with E-state index in [1.807, 2.05) is 30.3 Å². The maximum atomic E-state index is 10.3. The first-order valence-electron chi connectivity index (χ1n) is 4.34. The molecule has 2 rings (SSSR count). The van der Waals surface area contributed by atoms with Gasteiger partial charge in [0.1, 0.15) is 5.75 Å². The highest BCUT2D eigenvalue weighted by atomic mass is 16.5. The summed E-state index contributed by atoms with van der Waals surface area (Å²) in [5, 5.41) is 3.56. The van der Waals surface area contributed by atoms with E-state index in [4.69, 9.17) is 4.74 Å². The molecule has 15 heavy (non-hydrogen) atoms. The molecule has 2 aromatic rings. The topological polar surface area (TPSA) is 65.2 Å². The molecule has 0 atom stereocenters. The minimum absolute atomic E-state index is 0.0401. The molecule has 0 amide bonds. The Morgan fingerprint density at radius 1 is 1.33 bits per heavy atom. The third-order valence-corrected chi connectivity index (χ3v) is 1.70. The molecular formula is C10H8N2O3. The standard InChI is InChI=1S/C10H8N2O3/c13-6-10-11-9(12-15-10)7-14-8-4-2-1-3-5-8/h1-6H,7H2. The van der Waals surface area contributed by atoms with Crippen molar-refractivity contribution >= 4 is 6.29 Å². The van der Waals surface area contributed by atoms with Gasteiger partial charge >= 0.3 is 0 Å². The zero-order valence-corrected chi connectivity index (χ0v) is 7.79. The Bertz CT molecular complexity index is 439. The second-order valence-electron chi connectivity index (χ2n) is 2.77. The van der Waals surface area contributed by atoms with Crippen molar-refractivity contribution in [2.24, 2.45) is 0 Å². The van der Waals surface area contributed by atoms with Crippen LogP contribution in [0, 0.1) is 0 Å². The van der Waals surface area contributed by atoms with E-state index in [1.165, 1.54) is 0 Å². The van der Waals surface area contributed by atoms with Crippen molar-refractivity contribution in [3.05, 3.63) is 42.0 Å². The number of carbonyl (C=O) groups is 1. The molecule has 1 aromatic carbocycles. The third-order valence-electron chi connectivity index (χ3n) is 1.70. The molecule has 0 aliphatic rings. The first-order chi connectivity index (χ1) is 7.38. The van der Waals surface area contributed by atoms with Gasteiger partial charge in [0.05, 0.1) is 0 Å². The van der Waals surface area contributed by atoms with Crippen LogP contribution in [0.2, 0.25) is 0 Å². The molecule has 5 nitrogen and oxygen atoms in total. The second-order valence-corrected chi connectivity index (χ2v) is 2.77. The summed E-state index contributed by atoms with van der Waals surface area (Å²) in [4.78, 5) is 14.0. The van der Waals surface area contributed by atoms with Crippen LogP contribution in [0.1, 0.15) is 16.5 Å². The van der Waals surface area contributed by atoms with Crippen molar-refractivity contribution in [3.8, 4) is 5.75 Å².